The van der Waals surface area contributed by atoms with E-state index in [1.54, 1.807) is 17.2 Å². The number of pyridine rings is 1. The van der Waals surface area contributed by atoms with Gasteiger partial charge in [0.2, 0.25) is 0 Å². The van der Waals surface area contributed by atoms with Gasteiger partial charge in [0, 0.05) is 18.8 Å². The lowest BCUT2D eigenvalue weighted by atomic mass is 10.1. The molecule has 3 aromatic rings. The lowest BCUT2D eigenvalue weighted by Crippen LogP contribution is -2.31. The van der Waals surface area contributed by atoms with Crippen molar-refractivity contribution in [3.05, 3.63) is 90.3 Å². The molecule has 138 valence electrons. The molecule has 0 saturated heterocycles. The van der Waals surface area contributed by atoms with Crippen LogP contribution in [0.25, 0.3) is 0 Å². The fourth-order valence-corrected chi connectivity index (χ4v) is 2.98. The summed E-state index contributed by atoms with van der Waals surface area (Å²) in [5.41, 5.74) is 3.62. The summed E-state index contributed by atoms with van der Waals surface area (Å²) in [6, 6.07) is 23.8. The van der Waals surface area contributed by atoms with Gasteiger partial charge in [-0.3, -0.25) is 4.79 Å². The molecule has 3 rings (SSSR count). The fraction of sp³-hybridized carbons (Fsp3) is 0.217. The Morgan fingerprint density at radius 3 is 2.30 bits per heavy atom. The van der Waals surface area contributed by atoms with E-state index < -0.39 is 0 Å². The number of carbonyl (C=O) groups is 1. The van der Waals surface area contributed by atoms with Crippen LogP contribution in [0, 0.1) is 0 Å². The smallest absolute Gasteiger partial charge is 0.276 e. The molecule has 4 nitrogen and oxygen atoms in total. The predicted molar refractivity (Wildman–Crippen MR) is 111 cm³/mol. The Labute approximate surface area is 160 Å². The zero-order valence-corrected chi connectivity index (χ0v) is 15.6. The summed E-state index contributed by atoms with van der Waals surface area (Å²) in [7, 11) is 0. The van der Waals surface area contributed by atoms with Crippen LogP contribution < -0.4 is 10.2 Å². The van der Waals surface area contributed by atoms with Crippen molar-refractivity contribution in [3.63, 3.8) is 0 Å². The molecule has 0 bridgehead atoms. The number of benzene rings is 2. The maximum atomic E-state index is 12.7. The quantitative estimate of drug-likeness (QED) is 0.588. The second kappa shape index (κ2) is 9.53. The third-order valence-electron chi connectivity index (χ3n) is 4.43. The molecule has 1 amide bonds. The molecule has 0 spiro atoms. The summed E-state index contributed by atoms with van der Waals surface area (Å²) in [5, 5.41) is 3.37. The molecule has 0 aliphatic rings. The number of rotatable bonds is 8. The highest BCUT2D eigenvalue weighted by atomic mass is 16.2. The van der Waals surface area contributed by atoms with Gasteiger partial charge >= 0.3 is 0 Å². The Balaban J connectivity index is 1.54. The van der Waals surface area contributed by atoms with E-state index in [2.05, 4.69) is 34.6 Å². The van der Waals surface area contributed by atoms with Gasteiger partial charge in [-0.05, 0) is 49.6 Å². The minimum Gasteiger partial charge on any atom is -0.384 e. The van der Waals surface area contributed by atoms with Gasteiger partial charge in [-0.1, -0.05) is 48.5 Å². The molecule has 27 heavy (non-hydrogen) atoms. The van der Waals surface area contributed by atoms with Crippen molar-refractivity contribution in [2.45, 2.75) is 19.8 Å². The zero-order chi connectivity index (χ0) is 18.9. The summed E-state index contributed by atoms with van der Waals surface area (Å²) in [5.74, 6) is -0.0840. The Morgan fingerprint density at radius 2 is 1.67 bits per heavy atom. The highest BCUT2D eigenvalue weighted by molar-refractivity contribution is 6.04. The number of nitrogens with one attached hydrogen (secondary N) is 1. The third-order valence-corrected chi connectivity index (χ3v) is 4.43. The maximum absolute atomic E-state index is 12.7. The first-order valence-electron chi connectivity index (χ1n) is 9.38. The van der Waals surface area contributed by atoms with Crippen molar-refractivity contribution in [2.24, 2.45) is 0 Å². The van der Waals surface area contributed by atoms with Gasteiger partial charge in [0.1, 0.15) is 5.69 Å². The number of hydrogen-bond acceptors (Lipinski definition) is 3. The van der Waals surface area contributed by atoms with Crippen LogP contribution >= 0.6 is 0 Å². The van der Waals surface area contributed by atoms with Gasteiger partial charge in [0.15, 0.2) is 0 Å². The Kier molecular flexibility index (Phi) is 6.58. The Hall–Kier alpha value is -3.14. The van der Waals surface area contributed by atoms with Crippen molar-refractivity contribution in [2.75, 3.05) is 23.3 Å². The minimum absolute atomic E-state index is 0.0840. The molecule has 1 aromatic heterocycles. The second-order valence-corrected chi connectivity index (χ2v) is 6.33. The predicted octanol–water partition coefficient (Wildman–Crippen LogP) is 4.79. The van der Waals surface area contributed by atoms with Crippen molar-refractivity contribution in [1.29, 1.82) is 0 Å². The summed E-state index contributed by atoms with van der Waals surface area (Å²) in [6.45, 7) is 3.44. The van der Waals surface area contributed by atoms with Gasteiger partial charge in [0.25, 0.3) is 5.91 Å². The van der Waals surface area contributed by atoms with E-state index in [9.17, 15) is 4.79 Å². The van der Waals surface area contributed by atoms with Crippen LogP contribution in [0.2, 0.25) is 0 Å². The number of anilines is 2. The van der Waals surface area contributed by atoms with E-state index in [0.29, 0.717) is 12.2 Å². The number of aryl methyl sites for hydroxylation is 1. The van der Waals surface area contributed by atoms with E-state index in [1.807, 2.05) is 49.4 Å². The van der Waals surface area contributed by atoms with E-state index >= 15 is 0 Å². The molecule has 0 aliphatic carbocycles. The number of carbonyl (C=O) groups excluding carboxylic acids is 1. The number of hydrogen-bond donors (Lipinski definition) is 1. The molecule has 0 radical (unpaired) electrons. The van der Waals surface area contributed by atoms with Crippen LogP contribution in [0.5, 0.6) is 0 Å². The SMILES string of the molecule is CCN(C(=O)c1ccc(NCCCc2ccccc2)cn1)c1ccccc1. The number of amides is 1. The van der Waals surface area contributed by atoms with Gasteiger partial charge < -0.3 is 10.2 Å². The van der Waals surface area contributed by atoms with Crippen LogP contribution in [0.15, 0.2) is 79.0 Å². The van der Waals surface area contributed by atoms with E-state index in [4.69, 9.17) is 0 Å². The summed E-state index contributed by atoms with van der Waals surface area (Å²) >= 11 is 0. The molecule has 0 saturated carbocycles. The molecule has 0 fully saturated rings. The molecule has 1 N–H and O–H groups in total. The van der Waals surface area contributed by atoms with Crippen LogP contribution in [0.4, 0.5) is 11.4 Å². The monoisotopic (exact) mass is 359 g/mol. The van der Waals surface area contributed by atoms with Crippen molar-refractivity contribution in [1.82, 2.24) is 4.98 Å². The third kappa shape index (κ3) is 5.17. The largest absolute Gasteiger partial charge is 0.384 e. The molecule has 1 heterocycles. The first-order valence-corrected chi connectivity index (χ1v) is 9.38. The average molecular weight is 359 g/mol. The van der Waals surface area contributed by atoms with Gasteiger partial charge in [0.05, 0.1) is 11.9 Å². The summed E-state index contributed by atoms with van der Waals surface area (Å²) in [6.07, 6.45) is 3.82. The molecule has 0 unspecified atom stereocenters. The first-order chi connectivity index (χ1) is 13.3. The molecule has 2 aromatic carbocycles. The van der Waals surface area contributed by atoms with Crippen molar-refractivity contribution >= 4 is 17.3 Å². The van der Waals surface area contributed by atoms with Crippen LogP contribution in [-0.4, -0.2) is 24.0 Å². The maximum Gasteiger partial charge on any atom is 0.276 e. The highest BCUT2D eigenvalue weighted by Crippen LogP contribution is 2.16. The normalized spacial score (nSPS) is 10.4. The Bertz CT molecular complexity index is 833. The molecule has 0 aliphatic heterocycles. The molecular weight excluding hydrogens is 334 g/mol. The lowest BCUT2D eigenvalue weighted by Gasteiger charge is -2.20. The van der Waals surface area contributed by atoms with Crippen molar-refractivity contribution < 1.29 is 4.79 Å². The average Bonchev–Trinajstić information content (AvgIpc) is 2.74. The second-order valence-electron chi connectivity index (χ2n) is 6.33. The fourth-order valence-electron chi connectivity index (χ4n) is 2.98. The number of para-hydroxylation sites is 1. The van der Waals surface area contributed by atoms with Crippen LogP contribution in [-0.2, 0) is 6.42 Å². The minimum atomic E-state index is -0.0840. The number of aromatic nitrogens is 1. The highest BCUT2D eigenvalue weighted by Gasteiger charge is 2.16. The van der Waals surface area contributed by atoms with Gasteiger partial charge in [-0.25, -0.2) is 4.98 Å². The van der Waals surface area contributed by atoms with E-state index in [1.165, 1.54) is 5.56 Å². The first kappa shape index (κ1) is 18.6. The van der Waals surface area contributed by atoms with Crippen molar-refractivity contribution in [3.8, 4) is 0 Å². The Morgan fingerprint density at radius 1 is 0.963 bits per heavy atom. The summed E-state index contributed by atoms with van der Waals surface area (Å²) < 4.78 is 0. The van der Waals surface area contributed by atoms with Gasteiger partial charge in [-0.15, -0.1) is 0 Å². The van der Waals surface area contributed by atoms with Gasteiger partial charge in [-0.2, -0.15) is 0 Å². The number of nitrogens with zero attached hydrogens (tertiary/aromatic N) is 2. The molecular formula is C23H25N3O. The lowest BCUT2D eigenvalue weighted by molar-refractivity contribution is 0.0983. The topological polar surface area (TPSA) is 45.2 Å². The molecule has 4 heteroatoms. The van der Waals surface area contributed by atoms with Crippen LogP contribution in [0.1, 0.15) is 29.4 Å². The summed E-state index contributed by atoms with van der Waals surface area (Å²) in [4.78, 5) is 18.8. The van der Waals surface area contributed by atoms with E-state index in [0.717, 1.165) is 30.8 Å². The van der Waals surface area contributed by atoms with Crippen LogP contribution in [0.3, 0.4) is 0 Å². The molecule has 0 atom stereocenters. The van der Waals surface area contributed by atoms with E-state index in [-0.39, 0.29) is 5.91 Å². The standard InChI is InChI=1S/C23H25N3O/c1-2-26(21-13-7-4-8-14-21)23(27)22-16-15-20(18-25-22)24-17-9-12-19-10-5-3-6-11-19/h3-8,10-11,13-16,18,24H,2,9,12,17H2,1H3. The zero-order valence-electron chi connectivity index (χ0n) is 15.6.